The Morgan fingerprint density at radius 1 is 1.53 bits per heavy atom. The average molecular weight is 269 g/mol. The zero-order valence-corrected chi connectivity index (χ0v) is 11.1. The van der Waals surface area contributed by atoms with E-state index in [1.807, 2.05) is 0 Å². The van der Waals surface area contributed by atoms with Gasteiger partial charge in [-0.2, -0.15) is 0 Å². The molecule has 0 aliphatic heterocycles. The van der Waals surface area contributed by atoms with Crippen molar-refractivity contribution in [1.29, 1.82) is 0 Å². The summed E-state index contributed by atoms with van der Waals surface area (Å²) < 4.78 is 5.18. The highest BCUT2D eigenvalue weighted by molar-refractivity contribution is 7.19. The van der Waals surface area contributed by atoms with Gasteiger partial charge in [0.25, 0.3) is 0 Å². The summed E-state index contributed by atoms with van der Waals surface area (Å²) in [5.74, 6) is 0.558. The van der Waals surface area contributed by atoms with E-state index in [-0.39, 0.29) is 0 Å². The summed E-state index contributed by atoms with van der Waals surface area (Å²) in [6.45, 7) is 0.798. The van der Waals surface area contributed by atoms with Crippen molar-refractivity contribution < 1.29 is 4.74 Å². The van der Waals surface area contributed by atoms with Gasteiger partial charge in [0.15, 0.2) is 0 Å². The summed E-state index contributed by atoms with van der Waals surface area (Å²) in [5, 5.41) is 1.67. The maximum atomic E-state index is 6.21. The third kappa shape index (κ3) is 1.84. The van der Waals surface area contributed by atoms with Gasteiger partial charge < -0.3 is 4.74 Å². The van der Waals surface area contributed by atoms with Crippen LogP contribution in [0.4, 0.5) is 0 Å². The molecule has 0 amide bonds. The number of aromatic nitrogens is 2. The number of hydrogen-bond acceptors (Lipinski definition) is 4. The largest absolute Gasteiger partial charge is 0.385 e. The van der Waals surface area contributed by atoms with Crippen molar-refractivity contribution in [1.82, 2.24) is 9.97 Å². The van der Waals surface area contributed by atoms with Gasteiger partial charge in [-0.1, -0.05) is 11.6 Å². The van der Waals surface area contributed by atoms with Crippen LogP contribution < -0.4 is 0 Å². The molecule has 1 aliphatic carbocycles. The quantitative estimate of drug-likeness (QED) is 0.800. The van der Waals surface area contributed by atoms with Crippen LogP contribution in [0.2, 0.25) is 5.15 Å². The van der Waals surface area contributed by atoms with Crippen LogP contribution in [0.1, 0.15) is 29.2 Å². The van der Waals surface area contributed by atoms with E-state index < -0.39 is 0 Å². The van der Waals surface area contributed by atoms with Crippen molar-refractivity contribution in [2.75, 3.05) is 13.7 Å². The van der Waals surface area contributed by atoms with Crippen LogP contribution in [0.15, 0.2) is 6.33 Å². The molecule has 90 valence electrons. The van der Waals surface area contributed by atoms with Crippen LogP contribution in [-0.4, -0.2) is 23.7 Å². The number of halogens is 1. The van der Waals surface area contributed by atoms with E-state index in [0.29, 0.717) is 11.1 Å². The topological polar surface area (TPSA) is 35.0 Å². The lowest BCUT2D eigenvalue weighted by Crippen LogP contribution is -1.99. The Bertz CT molecular complexity index is 555. The molecule has 0 saturated heterocycles. The number of rotatable bonds is 3. The lowest BCUT2D eigenvalue weighted by Gasteiger charge is -2.10. The molecule has 2 aromatic heterocycles. The molecule has 5 heteroatoms. The second kappa shape index (κ2) is 4.52. The van der Waals surface area contributed by atoms with Gasteiger partial charge in [0.2, 0.25) is 0 Å². The molecule has 0 spiro atoms. The number of aryl methyl sites for hydroxylation is 1. The fraction of sp³-hybridized carbons (Fsp3) is 0.500. The van der Waals surface area contributed by atoms with E-state index in [9.17, 15) is 0 Å². The van der Waals surface area contributed by atoms with Gasteiger partial charge in [0.05, 0.1) is 5.39 Å². The molecule has 0 radical (unpaired) electrons. The first-order valence-electron chi connectivity index (χ1n) is 5.72. The number of methoxy groups -OCH3 is 1. The van der Waals surface area contributed by atoms with E-state index in [1.165, 1.54) is 16.9 Å². The van der Waals surface area contributed by atoms with Crippen LogP contribution >= 0.6 is 22.9 Å². The minimum Gasteiger partial charge on any atom is -0.385 e. The Hall–Kier alpha value is -0.710. The Kier molecular flexibility index (Phi) is 3.03. The molecule has 17 heavy (non-hydrogen) atoms. The molecule has 0 aromatic carbocycles. The first kappa shape index (κ1) is 11.4. The van der Waals surface area contributed by atoms with Gasteiger partial charge in [-0.3, -0.25) is 0 Å². The fourth-order valence-electron chi connectivity index (χ4n) is 2.58. The highest BCUT2D eigenvalue weighted by Gasteiger charge is 2.28. The zero-order valence-electron chi connectivity index (χ0n) is 9.57. The third-order valence-corrected chi connectivity index (χ3v) is 4.81. The van der Waals surface area contributed by atoms with Gasteiger partial charge in [-0.25, -0.2) is 9.97 Å². The molecule has 3 rings (SSSR count). The van der Waals surface area contributed by atoms with Crippen LogP contribution in [0.25, 0.3) is 10.2 Å². The molecule has 0 fully saturated rings. The normalized spacial score (nSPS) is 18.8. The van der Waals surface area contributed by atoms with E-state index in [1.54, 1.807) is 24.8 Å². The number of nitrogens with zero attached hydrogens (tertiary/aromatic N) is 2. The predicted octanol–water partition coefficient (Wildman–Crippen LogP) is 3.41. The minimum absolute atomic E-state index is 0.558. The molecule has 0 saturated carbocycles. The summed E-state index contributed by atoms with van der Waals surface area (Å²) in [7, 11) is 1.75. The zero-order chi connectivity index (χ0) is 11.8. The van der Waals surface area contributed by atoms with Gasteiger partial charge >= 0.3 is 0 Å². The number of ether oxygens (including phenoxy) is 1. The molecule has 1 atom stereocenters. The Balaban J connectivity index is 2.09. The minimum atomic E-state index is 0.558. The van der Waals surface area contributed by atoms with Crippen LogP contribution in [0.3, 0.4) is 0 Å². The molecular formula is C12H13ClN2OS. The van der Waals surface area contributed by atoms with Crippen molar-refractivity contribution in [3.8, 4) is 0 Å². The van der Waals surface area contributed by atoms with Gasteiger partial charge in [-0.15, -0.1) is 11.3 Å². The Morgan fingerprint density at radius 3 is 3.24 bits per heavy atom. The Labute approximate surface area is 109 Å². The number of hydrogen-bond donors (Lipinski definition) is 0. The van der Waals surface area contributed by atoms with Crippen molar-refractivity contribution >= 4 is 33.2 Å². The maximum Gasteiger partial charge on any atom is 0.141 e. The lowest BCUT2D eigenvalue weighted by atomic mass is 9.98. The first-order chi connectivity index (χ1) is 8.31. The monoisotopic (exact) mass is 268 g/mol. The van der Waals surface area contributed by atoms with Crippen molar-refractivity contribution in [3.05, 3.63) is 21.9 Å². The summed E-state index contributed by atoms with van der Waals surface area (Å²) >= 11 is 7.97. The molecule has 0 N–H and O–H groups in total. The molecule has 2 heterocycles. The van der Waals surface area contributed by atoms with Crippen LogP contribution in [0, 0.1) is 0 Å². The lowest BCUT2D eigenvalue weighted by molar-refractivity contribution is 0.187. The van der Waals surface area contributed by atoms with Crippen LogP contribution in [-0.2, 0) is 11.2 Å². The highest BCUT2D eigenvalue weighted by Crippen LogP contribution is 2.46. The van der Waals surface area contributed by atoms with Crippen molar-refractivity contribution in [3.63, 3.8) is 0 Å². The number of fused-ring (bicyclic) bond motifs is 3. The smallest absolute Gasteiger partial charge is 0.141 e. The summed E-state index contributed by atoms with van der Waals surface area (Å²) in [6.07, 6.45) is 4.94. The Morgan fingerprint density at radius 2 is 2.41 bits per heavy atom. The van der Waals surface area contributed by atoms with E-state index in [2.05, 4.69) is 9.97 Å². The molecule has 0 bridgehead atoms. The molecule has 1 aliphatic rings. The summed E-state index contributed by atoms with van der Waals surface area (Å²) in [5.41, 5.74) is 1.38. The molecule has 2 aromatic rings. The maximum absolute atomic E-state index is 6.21. The molecular weight excluding hydrogens is 256 g/mol. The van der Waals surface area contributed by atoms with E-state index in [4.69, 9.17) is 16.3 Å². The molecule has 1 unspecified atom stereocenters. The third-order valence-electron chi connectivity index (χ3n) is 3.35. The molecule has 3 nitrogen and oxygen atoms in total. The standard InChI is InChI=1S/C12H13ClN2OS/c1-16-5-4-7-2-3-8-9(7)10-11(13)14-6-15-12(10)17-8/h6-7H,2-5H2,1H3. The van der Waals surface area contributed by atoms with Crippen molar-refractivity contribution in [2.45, 2.75) is 25.2 Å². The predicted molar refractivity (Wildman–Crippen MR) is 70.0 cm³/mol. The van der Waals surface area contributed by atoms with Gasteiger partial charge in [0.1, 0.15) is 16.3 Å². The number of thiophene rings is 1. The average Bonchev–Trinajstić information content (AvgIpc) is 2.85. The summed E-state index contributed by atoms with van der Waals surface area (Å²) in [4.78, 5) is 10.9. The SMILES string of the molecule is COCCC1CCc2sc3ncnc(Cl)c3c21. The highest BCUT2D eigenvalue weighted by atomic mass is 35.5. The fourth-order valence-corrected chi connectivity index (χ4v) is 4.11. The van der Waals surface area contributed by atoms with Crippen molar-refractivity contribution in [2.24, 2.45) is 0 Å². The van der Waals surface area contributed by atoms with E-state index in [0.717, 1.165) is 29.7 Å². The van der Waals surface area contributed by atoms with Gasteiger partial charge in [-0.05, 0) is 30.7 Å². The second-order valence-electron chi connectivity index (χ2n) is 4.30. The first-order valence-corrected chi connectivity index (χ1v) is 6.91. The summed E-state index contributed by atoms with van der Waals surface area (Å²) in [6, 6.07) is 0. The van der Waals surface area contributed by atoms with Crippen LogP contribution in [0.5, 0.6) is 0 Å². The second-order valence-corrected chi connectivity index (χ2v) is 5.74. The van der Waals surface area contributed by atoms with Gasteiger partial charge in [0, 0.05) is 18.6 Å². The van der Waals surface area contributed by atoms with E-state index >= 15 is 0 Å².